The summed E-state index contributed by atoms with van der Waals surface area (Å²) in [5, 5.41) is 3.56. The Morgan fingerprint density at radius 1 is 1.13 bits per heavy atom. The van der Waals surface area contributed by atoms with Gasteiger partial charge in [-0.3, -0.25) is 4.79 Å². The van der Waals surface area contributed by atoms with Crippen LogP contribution in [0.25, 0.3) is 0 Å². The monoisotopic (exact) mass is 201 g/mol. The first-order valence-electron chi connectivity index (χ1n) is 4.80. The summed E-state index contributed by atoms with van der Waals surface area (Å²) < 4.78 is 4.87. The zero-order valence-electron chi connectivity index (χ0n) is 8.22. The second kappa shape index (κ2) is 4.55. The minimum absolute atomic E-state index is 0.137. The van der Waals surface area contributed by atoms with Crippen LogP contribution < -0.4 is 0 Å². The molecule has 0 unspecified atom stereocenters. The van der Waals surface area contributed by atoms with Crippen molar-refractivity contribution < 1.29 is 9.32 Å². The smallest absolute Gasteiger partial charge is 0.144 e. The Balaban J connectivity index is 1.94. The number of benzene rings is 1. The summed E-state index contributed by atoms with van der Waals surface area (Å²) in [6.45, 7) is 0. The van der Waals surface area contributed by atoms with Gasteiger partial charge in [0.1, 0.15) is 11.5 Å². The molecule has 0 saturated carbocycles. The average Bonchev–Trinajstić information content (AvgIpc) is 2.71. The third-order valence-corrected chi connectivity index (χ3v) is 2.11. The first-order valence-corrected chi connectivity index (χ1v) is 4.80. The third kappa shape index (κ3) is 2.77. The molecule has 0 N–H and O–H groups in total. The van der Waals surface area contributed by atoms with Gasteiger partial charge in [0.25, 0.3) is 0 Å². The number of nitrogens with zero attached hydrogens (tertiary/aromatic N) is 1. The van der Waals surface area contributed by atoms with Crippen molar-refractivity contribution in [1.82, 2.24) is 5.16 Å². The molecule has 0 atom stereocenters. The molecule has 2 rings (SSSR count). The van der Waals surface area contributed by atoms with Gasteiger partial charge in [0.15, 0.2) is 0 Å². The van der Waals surface area contributed by atoms with Crippen LogP contribution in [0.4, 0.5) is 0 Å². The van der Waals surface area contributed by atoms with E-state index in [1.54, 1.807) is 12.3 Å². The fraction of sp³-hybridized carbons (Fsp3) is 0.167. The van der Waals surface area contributed by atoms with Gasteiger partial charge in [-0.2, -0.15) is 0 Å². The van der Waals surface area contributed by atoms with Crippen LogP contribution in [-0.4, -0.2) is 10.9 Å². The van der Waals surface area contributed by atoms with Gasteiger partial charge < -0.3 is 4.52 Å². The minimum Gasteiger partial charge on any atom is -0.361 e. The molecule has 1 heterocycles. The number of hydrogen-bond acceptors (Lipinski definition) is 3. The van der Waals surface area contributed by atoms with Crippen molar-refractivity contribution in [1.29, 1.82) is 0 Å². The third-order valence-electron chi connectivity index (χ3n) is 2.11. The normalized spacial score (nSPS) is 10.1. The van der Waals surface area contributed by atoms with Crippen molar-refractivity contribution in [2.24, 2.45) is 0 Å². The Morgan fingerprint density at radius 3 is 2.60 bits per heavy atom. The molecule has 0 fully saturated rings. The number of rotatable bonds is 4. The highest BCUT2D eigenvalue weighted by Gasteiger charge is 2.07. The van der Waals surface area contributed by atoms with Crippen molar-refractivity contribution in [2.75, 3.05) is 0 Å². The Bertz CT molecular complexity index is 420. The van der Waals surface area contributed by atoms with E-state index >= 15 is 0 Å². The van der Waals surface area contributed by atoms with Gasteiger partial charge in [-0.25, -0.2) is 0 Å². The molecular formula is C12H11NO2. The number of ketones is 1. The molecule has 1 aromatic carbocycles. The Kier molecular flexibility index (Phi) is 2.93. The molecule has 0 radical (unpaired) electrons. The SMILES string of the molecule is O=C(Cc1ccccc1)Cc1ccno1. The van der Waals surface area contributed by atoms with Crippen molar-refractivity contribution >= 4 is 5.78 Å². The molecule has 0 aliphatic rings. The van der Waals surface area contributed by atoms with E-state index in [0.717, 1.165) is 5.56 Å². The van der Waals surface area contributed by atoms with E-state index in [1.807, 2.05) is 30.3 Å². The molecule has 76 valence electrons. The highest BCUT2D eigenvalue weighted by atomic mass is 16.5. The molecular weight excluding hydrogens is 190 g/mol. The van der Waals surface area contributed by atoms with E-state index in [-0.39, 0.29) is 5.78 Å². The van der Waals surface area contributed by atoms with Crippen LogP contribution in [-0.2, 0) is 17.6 Å². The van der Waals surface area contributed by atoms with Crippen LogP contribution in [0.5, 0.6) is 0 Å². The molecule has 0 spiro atoms. The standard InChI is InChI=1S/C12H11NO2/c14-11(9-12-6-7-13-15-12)8-10-4-2-1-3-5-10/h1-7H,8-9H2. The summed E-state index contributed by atoms with van der Waals surface area (Å²) in [5.74, 6) is 0.758. The van der Waals surface area contributed by atoms with Gasteiger partial charge in [0.2, 0.25) is 0 Å². The van der Waals surface area contributed by atoms with Crippen molar-refractivity contribution in [3.63, 3.8) is 0 Å². The second-order valence-electron chi connectivity index (χ2n) is 3.36. The predicted molar refractivity (Wildman–Crippen MR) is 55.4 cm³/mol. The maximum absolute atomic E-state index is 11.6. The molecule has 0 saturated heterocycles. The topological polar surface area (TPSA) is 43.1 Å². The van der Waals surface area contributed by atoms with Crippen molar-refractivity contribution in [2.45, 2.75) is 12.8 Å². The summed E-state index contributed by atoms with van der Waals surface area (Å²) in [7, 11) is 0. The quantitative estimate of drug-likeness (QED) is 0.760. The van der Waals surface area contributed by atoms with E-state index < -0.39 is 0 Å². The van der Waals surface area contributed by atoms with E-state index in [1.165, 1.54) is 0 Å². The molecule has 0 aliphatic carbocycles. The van der Waals surface area contributed by atoms with Crippen LogP contribution in [0.2, 0.25) is 0 Å². The average molecular weight is 201 g/mol. The fourth-order valence-corrected chi connectivity index (χ4v) is 1.41. The first kappa shape index (κ1) is 9.65. The van der Waals surface area contributed by atoms with Crippen LogP contribution >= 0.6 is 0 Å². The molecule has 0 bridgehead atoms. The Hall–Kier alpha value is -1.90. The minimum atomic E-state index is 0.137. The first-order chi connectivity index (χ1) is 7.34. The van der Waals surface area contributed by atoms with Gasteiger partial charge in [-0.15, -0.1) is 0 Å². The van der Waals surface area contributed by atoms with Crippen LogP contribution in [0.3, 0.4) is 0 Å². The largest absolute Gasteiger partial charge is 0.361 e. The zero-order chi connectivity index (χ0) is 10.5. The number of hydrogen-bond donors (Lipinski definition) is 0. The zero-order valence-corrected chi connectivity index (χ0v) is 8.22. The van der Waals surface area contributed by atoms with Gasteiger partial charge >= 0.3 is 0 Å². The molecule has 15 heavy (non-hydrogen) atoms. The fourth-order valence-electron chi connectivity index (χ4n) is 1.41. The summed E-state index contributed by atoms with van der Waals surface area (Å²) in [6, 6.07) is 11.4. The molecule has 3 heteroatoms. The number of carbonyl (C=O) groups excluding carboxylic acids is 1. The van der Waals surface area contributed by atoms with Gasteiger partial charge in [0.05, 0.1) is 12.6 Å². The Labute approximate surface area is 87.7 Å². The van der Waals surface area contributed by atoms with Crippen LogP contribution in [0, 0.1) is 0 Å². The predicted octanol–water partition coefficient (Wildman–Crippen LogP) is 2.03. The molecule has 0 amide bonds. The lowest BCUT2D eigenvalue weighted by Crippen LogP contribution is -2.05. The van der Waals surface area contributed by atoms with Gasteiger partial charge in [-0.05, 0) is 5.56 Å². The van der Waals surface area contributed by atoms with Crippen LogP contribution in [0.15, 0.2) is 47.1 Å². The summed E-state index contributed by atoms with van der Waals surface area (Å²) in [6.07, 6.45) is 2.31. The highest BCUT2D eigenvalue weighted by Crippen LogP contribution is 2.04. The van der Waals surface area contributed by atoms with E-state index in [9.17, 15) is 4.79 Å². The van der Waals surface area contributed by atoms with E-state index in [0.29, 0.717) is 18.6 Å². The maximum atomic E-state index is 11.6. The molecule has 2 aromatic rings. The van der Waals surface area contributed by atoms with Crippen molar-refractivity contribution in [3.8, 4) is 0 Å². The Morgan fingerprint density at radius 2 is 1.93 bits per heavy atom. The molecule has 3 nitrogen and oxygen atoms in total. The highest BCUT2D eigenvalue weighted by molar-refractivity contribution is 5.82. The number of Topliss-reactive ketones (excluding diaryl/α,β-unsaturated/α-hetero) is 1. The van der Waals surface area contributed by atoms with Crippen molar-refractivity contribution in [3.05, 3.63) is 53.9 Å². The summed E-state index contributed by atoms with van der Waals surface area (Å²) in [5.41, 5.74) is 1.03. The molecule has 0 aliphatic heterocycles. The number of aromatic nitrogens is 1. The lowest BCUT2D eigenvalue weighted by Gasteiger charge is -1.98. The summed E-state index contributed by atoms with van der Waals surface area (Å²) in [4.78, 5) is 11.6. The van der Waals surface area contributed by atoms with E-state index in [2.05, 4.69) is 5.16 Å². The lowest BCUT2D eigenvalue weighted by atomic mass is 10.1. The van der Waals surface area contributed by atoms with E-state index in [4.69, 9.17) is 4.52 Å². The number of carbonyl (C=O) groups is 1. The van der Waals surface area contributed by atoms with Crippen LogP contribution in [0.1, 0.15) is 11.3 Å². The molecule has 1 aromatic heterocycles. The summed E-state index contributed by atoms with van der Waals surface area (Å²) >= 11 is 0. The second-order valence-corrected chi connectivity index (χ2v) is 3.36. The lowest BCUT2D eigenvalue weighted by molar-refractivity contribution is -0.118. The maximum Gasteiger partial charge on any atom is 0.144 e. The van der Waals surface area contributed by atoms with Gasteiger partial charge in [-0.1, -0.05) is 35.5 Å². The van der Waals surface area contributed by atoms with Gasteiger partial charge in [0, 0.05) is 12.5 Å².